The quantitative estimate of drug-likeness (QED) is 0.644. The SMILES string of the molecule is COC(=O)NC(=O)c1c(NC(=O)C2CCCN2S(=O)(=O)c2ccc(C)cc2)sc2c1CCCC2. The van der Waals surface area contributed by atoms with E-state index in [1.165, 1.54) is 15.6 Å². The summed E-state index contributed by atoms with van der Waals surface area (Å²) < 4.78 is 32.2. The van der Waals surface area contributed by atoms with Crippen molar-refractivity contribution in [3.05, 3.63) is 45.8 Å². The van der Waals surface area contributed by atoms with Gasteiger partial charge in [-0.2, -0.15) is 4.31 Å². The summed E-state index contributed by atoms with van der Waals surface area (Å²) in [4.78, 5) is 38.9. The summed E-state index contributed by atoms with van der Waals surface area (Å²) in [6.45, 7) is 2.11. The van der Waals surface area contributed by atoms with Crippen molar-refractivity contribution >= 4 is 44.3 Å². The van der Waals surface area contributed by atoms with E-state index in [9.17, 15) is 22.8 Å². The highest BCUT2D eigenvalue weighted by atomic mass is 32.2. The van der Waals surface area contributed by atoms with E-state index < -0.39 is 34.0 Å². The Kier molecular flexibility index (Phi) is 7.06. The first-order valence-electron chi connectivity index (χ1n) is 11.2. The van der Waals surface area contributed by atoms with Gasteiger partial charge in [0.25, 0.3) is 5.91 Å². The van der Waals surface area contributed by atoms with E-state index >= 15 is 0 Å². The Morgan fingerprint density at radius 1 is 1.09 bits per heavy atom. The summed E-state index contributed by atoms with van der Waals surface area (Å²) >= 11 is 1.31. The number of nitrogens with one attached hydrogen (secondary N) is 2. The van der Waals surface area contributed by atoms with Gasteiger partial charge < -0.3 is 10.1 Å². The van der Waals surface area contributed by atoms with Crippen molar-refractivity contribution in [1.29, 1.82) is 0 Å². The standard InChI is InChI=1S/C23H27N3O6S2/c1-14-9-11-15(12-10-14)34(30,31)26-13-5-7-17(26)20(27)24-22-19(21(28)25-23(29)32-2)16-6-3-4-8-18(16)33-22/h9-12,17H,3-8,13H2,1-2H3,(H,24,27)(H,25,28,29). The summed E-state index contributed by atoms with van der Waals surface area (Å²) in [5.41, 5.74) is 2.02. The Labute approximate surface area is 202 Å². The Balaban J connectivity index is 1.61. The number of anilines is 1. The first kappa shape index (κ1) is 24.4. The molecule has 2 aromatic rings. The zero-order valence-electron chi connectivity index (χ0n) is 19.0. The fourth-order valence-electron chi connectivity index (χ4n) is 4.43. The highest BCUT2D eigenvalue weighted by Gasteiger charge is 2.40. The smallest absolute Gasteiger partial charge is 0.413 e. The van der Waals surface area contributed by atoms with E-state index in [4.69, 9.17) is 0 Å². The van der Waals surface area contributed by atoms with Crippen LogP contribution in [0.4, 0.5) is 9.80 Å². The zero-order chi connectivity index (χ0) is 24.5. The molecule has 2 heterocycles. The minimum Gasteiger partial charge on any atom is -0.453 e. The fourth-order valence-corrected chi connectivity index (χ4v) is 7.38. The minimum absolute atomic E-state index is 0.141. The molecule has 1 fully saturated rings. The Bertz CT molecular complexity index is 1220. The molecule has 1 atom stereocenters. The van der Waals surface area contributed by atoms with Crippen molar-refractivity contribution in [2.75, 3.05) is 19.0 Å². The molecule has 11 heteroatoms. The number of amides is 3. The predicted octanol–water partition coefficient (Wildman–Crippen LogP) is 3.22. The van der Waals surface area contributed by atoms with Gasteiger partial charge >= 0.3 is 6.09 Å². The number of fused-ring (bicyclic) bond motifs is 1. The molecule has 1 saturated heterocycles. The lowest BCUT2D eigenvalue weighted by Gasteiger charge is -2.23. The second-order valence-electron chi connectivity index (χ2n) is 8.44. The maximum absolute atomic E-state index is 13.3. The molecule has 0 bridgehead atoms. The first-order chi connectivity index (χ1) is 16.2. The van der Waals surface area contributed by atoms with Crippen LogP contribution in [0.25, 0.3) is 0 Å². The average Bonchev–Trinajstić information content (AvgIpc) is 3.44. The number of sulfonamides is 1. The van der Waals surface area contributed by atoms with E-state index in [2.05, 4.69) is 15.4 Å². The third-order valence-electron chi connectivity index (χ3n) is 6.17. The number of imide groups is 1. The number of hydrogen-bond donors (Lipinski definition) is 2. The molecule has 1 aliphatic heterocycles. The van der Waals surface area contributed by atoms with Crippen LogP contribution in [0.2, 0.25) is 0 Å². The van der Waals surface area contributed by atoms with Crippen LogP contribution < -0.4 is 10.6 Å². The summed E-state index contributed by atoms with van der Waals surface area (Å²) in [5.74, 6) is -1.13. The van der Waals surface area contributed by atoms with Gasteiger partial charge in [-0.1, -0.05) is 17.7 Å². The Hall–Kier alpha value is -2.76. The summed E-state index contributed by atoms with van der Waals surface area (Å²) in [5, 5.41) is 5.31. The number of alkyl carbamates (subject to hydrolysis) is 1. The number of nitrogens with zero attached hydrogens (tertiary/aromatic N) is 1. The number of carbonyl (C=O) groups excluding carboxylic acids is 3. The van der Waals surface area contributed by atoms with Gasteiger partial charge in [0.05, 0.1) is 17.6 Å². The lowest BCUT2D eigenvalue weighted by Crippen LogP contribution is -2.43. The average molecular weight is 506 g/mol. The van der Waals surface area contributed by atoms with Crippen LogP contribution in [-0.4, -0.2) is 50.3 Å². The van der Waals surface area contributed by atoms with E-state index in [1.54, 1.807) is 24.3 Å². The molecule has 34 heavy (non-hydrogen) atoms. The molecule has 1 aliphatic carbocycles. The number of aryl methyl sites for hydroxylation is 2. The number of methoxy groups -OCH3 is 1. The minimum atomic E-state index is -3.85. The molecule has 9 nitrogen and oxygen atoms in total. The predicted molar refractivity (Wildman–Crippen MR) is 128 cm³/mol. The highest BCUT2D eigenvalue weighted by Crippen LogP contribution is 2.39. The highest BCUT2D eigenvalue weighted by molar-refractivity contribution is 7.89. The van der Waals surface area contributed by atoms with Crippen molar-refractivity contribution in [3.63, 3.8) is 0 Å². The third kappa shape index (κ3) is 4.73. The van der Waals surface area contributed by atoms with E-state index in [0.717, 1.165) is 42.4 Å². The van der Waals surface area contributed by atoms with E-state index in [-0.39, 0.29) is 17.0 Å². The van der Waals surface area contributed by atoms with Gasteiger partial charge in [0.1, 0.15) is 11.0 Å². The number of rotatable bonds is 5. The van der Waals surface area contributed by atoms with Crippen molar-refractivity contribution in [3.8, 4) is 0 Å². The number of carbonyl (C=O) groups is 3. The number of hydrogen-bond acceptors (Lipinski definition) is 7. The molecule has 0 radical (unpaired) electrons. The molecular weight excluding hydrogens is 478 g/mol. The lowest BCUT2D eigenvalue weighted by molar-refractivity contribution is -0.119. The Morgan fingerprint density at radius 3 is 2.50 bits per heavy atom. The number of ether oxygens (including phenoxy) is 1. The van der Waals surface area contributed by atoms with Gasteiger partial charge in [-0.05, 0) is 63.1 Å². The topological polar surface area (TPSA) is 122 Å². The molecule has 182 valence electrons. The Morgan fingerprint density at radius 2 is 1.79 bits per heavy atom. The molecule has 1 aromatic heterocycles. The summed E-state index contributed by atoms with van der Waals surface area (Å²) in [6.07, 6.45) is 3.38. The van der Waals surface area contributed by atoms with Gasteiger partial charge in [-0.15, -0.1) is 11.3 Å². The van der Waals surface area contributed by atoms with Gasteiger partial charge in [0.15, 0.2) is 0 Å². The van der Waals surface area contributed by atoms with Crippen molar-refractivity contribution in [2.24, 2.45) is 0 Å². The monoisotopic (exact) mass is 505 g/mol. The molecular formula is C23H27N3O6S2. The van der Waals surface area contributed by atoms with Gasteiger partial charge in [-0.25, -0.2) is 13.2 Å². The van der Waals surface area contributed by atoms with Crippen LogP contribution in [0.5, 0.6) is 0 Å². The summed E-state index contributed by atoms with van der Waals surface area (Å²) in [6, 6.07) is 5.64. The molecule has 1 unspecified atom stereocenters. The van der Waals surface area contributed by atoms with Crippen LogP contribution in [0, 0.1) is 6.92 Å². The maximum Gasteiger partial charge on any atom is 0.413 e. The van der Waals surface area contributed by atoms with Crippen LogP contribution in [0.15, 0.2) is 29.2 Å². The molecule has 4 rings (SSSR count). The maximum atomic E-state index is 13.3. The van der Waals surface area contributed by atoms with Gasteiger partial charge in [0.2, 0.25) is 15.9 Å². The normalized spacial score (nSPS) is 18.2. The zero-order valence-corrected chi connectivity index (χ0v) is 20.7. The van der Waals surface area contributed by atoms with Crippen LogP contribution in [0.1, 0.15) is 52.0 Å². The fraction of sp³-hybridized carbons (Fsp3) is 0.435. The van der Waals surface area contributed by atoms with Crippen molar-refractivity contribution in [1.82, 2.24) is 9.62 Å². The molecule has 2 N–H and O–H groups in total. The third-order valence-corrected chi connectivity index (χ3v) is 9.30. The van der Waals surface area contributed by atoms with Crippen LogP contribution in [0.3, 0.4) is 0 Å². The van der Waals surface area contributed by atoms with Gasteiger partial charge in [-0.3, -0.25) is 14.9 Å². The molecule has 3 amide bonds. The van der Waals surface area contributed by atoms with Crippen LogP contribution in [-0.2, 0) is 32.4 Å². The molecule has 0 saturated carbocycles. The van der Waals surface area contributed by atoms with E-state index in [1.807, 2.05) is 6.92 Å². The molecule has 2 aliphatic rings. The van der Waals surface area contributed by atoms with Crippen molar-refractivity contribution in [2.45, 2.75) is 56.4 Å². The van der Waals surface area contributed by atoms with Crippen LogP contribution >= 0.6 is 11.3 Å². The summed E-state index contributed by atoms with van der Waals surface area (Å²) in [7, 11) is -2.69. The first-order valence-corrected chi connectivity index (χ1v) is 13.4. The van der Waals surface area contributed by atoms with E-state index in [0.29, 0.717) is 24.3 Å². The molecule has 1 aromatic carbocycles. The second kappa shape index (κ2) is 9.85. The number of thiophene rings is 1. The number of benzene rings is 1. The molecule has 0 spiro atoms. The second-order valence-corrected chi connectivity index (χ2v) is 11.4. The largest absolute Gasteiger partial charge is 0.453 e. The van der Waals surface area contributed by atoms with Gasteiger partial charge in [0, 0.05) is 11.4 Å². The lowest BCUT2D eigenvalue weighted by atomic mass is 9.95. The van der Waals surface area contributed by atoms with Crippen molar-refractivity contribution < 1.29 is 27.5 Å².